The number of fused-ring (bicyclic) bond motifs is 5. The summed E-state index contributed by atoms with van der Waals surface area (Å²) in [5, 5.41) is 10.3. The summed E-state index contributed by atoms with van der Waals surface area (Å²) in [4.78, 5) is 2.65. The fourth-order valence-corrected chi connectivity index (χ4v) is 12.1. The molecule has 0 radical (unpaired) electrons. The summed E-state index contributed by atoms with van der Waals surface area (Å²) in [7, 11) is 2.36. The number of hydrogen-bond donors (Lipinski definition) is 1. The Balaban J connectivity index is 1.24. The van der Waals surface area contributed by atoms with Crippen molar-refractivity contribution in [2.24, 2.45) is 45.8 Å². The Morgan fingerprint density at radius 1 is 1.06 bits per heavy atom. The van der Waals surface area contributed by atoms with Crippen LogP contribution < -0.4 is 0 Å². The van der Waals surface area contributed by atoms with E-state index in [2.05, 4.69) is 45.7 Å². The Morgan fingerprint density at radius 2 is 1.88 bits per heavy atom. The van der Waals surface area contributed by atoms with Crippen molar-refractivity contribution in [3.8, 4) is 0 Å². The van der Waals surface area contributed by atoms with E-state index < -0.39 is 0 Å². The van der Waals surface area contributed by atoms with E-state index in [9.17, 15) is 5.11 Å². The van der Waals surface area contributed by atoms with Crippen LogP contribution in [0.3, 0.4) is 0 Å². The van der Waals surface area contributed by atoms with Crippen molar-refractivity contribution < 1.29 is 9.84 Å². The van der Waals surface area contributed by atoms with Crippen molar-refractivity contribution in [3.63, 3.8) is 0 Å². The third-order valence-electron chi connectivity index (χ3n) is 13.2. The third-order valence-corrected chi connectivity index (χ3v) is 13.2. The van der Waals surface area contributed by atoms with Gasteiger partial charge in [0.2, 0.25) is 0 Å². The molecular formula is C29H45NO2. The quantitative estimate of drug-likeness (QED) is 0.511. The molecular weight excluding hydrogens is 394 g/mol. The molecule has 3 nitrogen and oxygen atoms in total. The summed E-state index contributed by atoms with van der Waals surface area (Å²) in [6, 6.07) is 0.617. The number of piperidine rings is 1. The Bertz CT molecular complexity index is 869. The lowest BCUT2D eigenvalue weighted by Crippen LogP contribution is -2.71. The summed E-state index contributed by atoms with van der Waals surface area (Å²) in [6.07, 6.45) is 14.1. The largest absolute Gasteiger partial charge is 0.389 e. The van der Waals surface area contributed by atoms with Gasteiger partial charge in [0.25, 0.3) is 0 Å². The van der Waals surface area contributed by atoms with Gasteiger partial charge in [0.05, 0.1) is 17.8 Å². The smallest absolute Gasteiger partial charge is 0.0784 e. The minimum atomic E-state index is -0.193. The summed E-state index contributed by atoms with van der Waals surface area (Å²) in [5.41, 5.74) is 3.01. The van der Waals surface area contributed by atoms with Gasteiger partial charge in [-0.1, -0.05) is 39.3 Å². The highest BCUT2D eigenvalue weighted by Crippen LogP contribution is 2.84. The van der Waals surface area contributed by atoms with Crippen molar-refractivity contribution >= 4 is 0 Å². The maximum Gasteiger partial charge on any atom is 0.0784 e. The number of hydrogen-bond acceptors (Lipinski definition) is 3. The van der Waals surface area contributed by atoms with Gasteiger partial charge in [-0.15, -0.1) is 0 Å². The molecule has 2 heterocycles. The van der Waals surface area contributed by atoms with Gasteiger partial charge < -0.3 is 14.7 Å². The molecule has 2 bridgehead atoms. The van der Waals surface area contributed by atoms with E-state index in [-0.39, 0.29) is 11.7 Å². The highest BCUT2D eigenvalue weighted by atomic mass is 16.5. The second kappa shape index (κ2) is 6.24. The van der Waals surface area contributed by atoms with E-state index in [4.69, 9.17) is 4.74 Å². The van der Waals surface area contributed by atoms with Gasteiger partial charge in [-0.3, -0.25) is 0 Å². The first-order chi connectivity index (χ1) is 15.1. The predicted molar refractivity (Wildman–Crippen MR) is 127 cm³/mol. The maximum atomic E-state index is 10.3. The monoisotopic (exact) mass is 439 g/mol. The first-order valence-electron chi connectivity index (χ1n) is 13.9. The van der Waals surface area contributed by atoms with E-state index in [1.165, 1.54) is 57.9 Å². The molecule has 7 fully saturated rings. The molecule has 2 aliphatic heterocycles. The van der Waals surface area contributed by atoms with E-state index in [0.29, 0.717) is 34.3 Å². The van der Waals surface area contributed by atoms with Gasteiger partial charge in [0, 0.05) is 23.9 Å². The number of aliphatic hydroxyl groups is 1. The van der Waals surface area contributed by atoms with Gasteiger partial charge in [0.15, 0.2) is 0 Å². The molecule has 0 amide bonds. The number of allylic oxidation sites excluding steroid dienone is 1. The second-order valence-corrected chi connectivity index (χ2v) is 14.2. The molecule has 8 aliphatic rings. The molecule has 3 unspecified atom stereocenters. The predicted octanol–water partition coefficient (Wildman–Crippen LogP) is 5.42. The van der Waals surface area contributed by atoms with Crippen LogP contribution in [0, 0.1) is 45.8 Å². The maximum absolute atomic E-state index is 10.3. The SMILES string of the molecule is C[C@H]1C[C@H]2O[C@]3(CCC45CC3(C)C4C[C@H]3[C@H]5CCC4=C[C@@H](O)CC[C@@]43C)[C@H](C)[C@@H]2N(C)C1. The molecule has 0 aromatic carbocycles. The van der Waals surface area contributed by atoms with Crippen molar-refractivity contribution in [3.05, 3.63) is 11.6 Å². The van der Waals surface area contributed by atoms with Gasteiger partial charge >= 0.3 is 0 Å². The molecule has 0 aromatic heterocycles. The lowest BCUT2D eigenvalue weighted by Gasteiger charge is -2.73. The zero-order valence-corrected chi connectivity index (χ0v) is 21.1. The molecule has 12 atom stereocenters. The van der Waals surface area contributed by atoms with Crippen LogP contribution in [-0.2, 0) is 4.74 Å². The lowest BCUT2D eigenvalue weighted by molar-refractivity contribution is -0.295. The standard InChI is InChI=1S/C29H45NO2/c1-17-12-23-25(30(5)15-17)18(2)29(32-23)11-10-28-16-27(29,4)24(28)14-22-21(28)7-6-19-13-20(31)8-9-26(19,22)3/h13,17-18,20-25,31H,6-12,14-16H2,1-5H3/t17-,18+,20-,21+,22-,23+,24?,25-,26-,27?,28?,29+/m0/s1. The minimum Gasteiger partial charge on any atom is -0.389 e. The molecule has 178 valence electrons. The van der Waals surface area contributed by atoms with Gasteiger partial charge in [-0.25, -0.2) is 0 Å². The average molecular weight is 440 g/mol. The van der Waals surface area contributed by atoms with Crippen LogP contribution in [0.5, 0.6) is 0 Å². The Hall–Kier alpha value is -0.380. The van der Waals surface area contributed by atoms with Crippen LogP contribution in [0.15, 0.2) is 11.6 Å². The molecule has 3 heteroatoms. The fraction of sp³-hybridized carbons (Fsp3) is 0.931. The molecule has 0 aromatic rings. The molecule has 1 N–H and O–H groups in total. The van der Waals surface area contributed by atoms with Crippen molar-refractivity contribution in [1.29, 1.82) is 0 Å². The molecule has 5 saturated carbocycles. The molecule has 6 aliphatic carbocycles. The molecule has 2 spiro atoms. The second-order valence-electron chi connectivity index (χ2n) is 14.2. The van der Waals surface area contributed by atoms with Crippen molar-refractivity contribution in [2.75, 3.05) is 13.6 Å². The van der Waals surface area contributed by atoms with Gasteiger partial charge in [0.1, 0.15) is 0 Å². The lowest BCUT2D eigenvalue weighted by atomic mass is 9.33. The summed E-state index contributed by atoms with van der Waals surface area (Å²) < 4.78 is 7.32. The minimum absolute atomic E-state index is 0.100. The highest BCUT2D eigenvalue weighted by molar-refractivity contribution is 5.34. The van der Waals surface area contributed by atoms with E-state index >= 15 is 0 Å². The average Bonchev–Trinajstić information content (AvgIpc) is 3.17. The van der Waals surface area contributed by atoms with Crippen LogP contribution in [0.25, 0.3) is 0 Å². The van der Waals surface area contributed by atoms with Crippen molar-refractivity contribution in [1.82, 2.24) is 4.90 Å². The zero-order chi connectivity index (χ0) is 22.3. The van der Waals surface area contributed by atoms with Crippen LogP contribution >= 0.6 is 0 Å². The normalized spacial score (nSPS) is 63.1. The number of aliphatic hydroxyl groups excluding tert-OH is 1. The van der Waals surface area contributed by atoms with E-state index in [1.807, 2.05) is 0 Å². The molecule has 2 saturated heterocycles. The summed E-state index contributed by atoms with van der Waals surface area (Å²) >= 11 is 0. The summed E-state index contributed by atoms with van der Waals surface area (Å²) in [6.45, 7) is 11.4. The molecule has 32 heavy (non-hydrogen) atoms. The van der Waals surface area contributed by atoms with Gasteiger partial charge in [-0.05, 0) is 99.3 Å². The number of likely N-dealkylation sites (N-methyl/N-ethyl adjacent to an activating group) is 1. The molecule has 8 rings (SSSR count). The first kappa shape index (κ1) is 20.9. The topological polar surface area (TPSA) is 32.7 Å². The fourth-order valence-electron chi connectivity index (χ4n) is 12.1. The van der Waals surface area contributed by atoms with Crippen LogP contribution in [0.2, 0.25) is 0 Å². The van der Waals surface area contributed by atoms with Gasteiger partial charge in [-0.2, -0.15) is 0 Å². The van der Waals surface area contributed by atoms with Crippen LogP contribution in [-0.4, -0.2) is 47.4 Å². The van der Waals surface area contributed by atoms with Crippen LogP contribution in [0.1, 0.15) is 85.5 Å². The number of nitrogens with zero attached hydrogens (tertiary/aromatic N) is 1. The number of rotatable bonds is 0. The Morgan fingerprint density at radius 3 is 2.69 bits per heavy atom. The number of ether oxygens (including phenoxy) is 1. The van der Waals surface area contributed by atoms with Crippen LogP contribution in [0.4, 0.5) is 0 Å². The van der Waals surface area contributed by atoms with Crippen molar-refractivity contribution in [2.45, 2.75) is 109 Å². The summed E-state index contributed by atoms with van der Waals surface area (Å²) in [5.74, 6) is 4.00. The zero-order valence-electron chi connectivity index (χ0n) is 21.1. The van der Waals surface area contributed by atoms with E-state index in [1.54, 1.807) is 5.57 Å². The van der Waals surface area contributed by atoms with E-state index in [0.717, 1.165) is 30.1 Å². The Kier molecular flexibility index (Phi) is 4.08. The third kappa shape index (κ3) is 2.17. The highest BCUT2D eigenvalue weighted by Gasteiger charge is 2.81. The number of likely N-dealkylation sites (tertiary alicyclic amines) is 1. The first-order valence-corrected chi connectivity index (χ1v) is 13.9. The Labute approximate surface area is 195 Å².